The Morgan fingerprint density at radius 2 is 2.05 bits per heavy atom. The van der Waals surface area contributed by atoms with E-state index in [4.69, 9.17) is 11.0 Å². The standard InChI is InChI=1S/C14H16N4O3/c15-8-10-2-1-3-12(13(10)18(20)21)17-11-6-4-9(5-7-11)14(16)19/h1-3,9,11,17H,4-7H2,(H2,16,19). The van der Waals surface area contributed by atoms with E-state index < -0.39 is 4.92 Å². The van der Waals surface area contributed by atoms with Gasteiger partial charge in [-0.25, -0.2) is 0 Å². The Bertz CT molecular complexity index is 601. The van der Waals surface area contributed by atoms with E-state index in [0.29, 0.717) is 18.5 Å². The third-order valence-electron chi connectivity index (χ3n) is 3.83. The van der Waals surface area contributed by atoms with Crippen LogP contribution in [0, 0.1) is 27.4 Å². The Kier molecular flexibility index (Phi) is 4.38. The molecule has 1 aromatic carbocycles. The third kappa shape index (κ3) is 3.28. The van der Waals surface area contributed by atoms with Gasteiger partial charge in [-0.1, -0.05) is 6.07 Å². The van der Waals surface area contributed by atoms with E-state index in [9.17, 15) is 14.9 Å². The number of carbonyl (C=O) groups is 1. The van der Waals surface area contributed by atoms with Gasteiger partial charge in [0.25, 0.3) is 0 Å². The molecule has 1 amide bonds. The highest BCUT2D eigenvalue weighted by molar-refractivity contribution is 5.76. The summed E-state index contributed by atoms with van der Waals surface area (Å²) in [6.45, 7) is 0. The number of hydrogen-bond acceptors (Lipinski definition) is 5. The zero-order valence-corrected chi connectivity index (χ0v) is 11.4. The molecule has 21 heavy (non-hydrogen) atoms. The molecule has 1 aliphatic rings. The Morgan fingerprint density at radius 3 is 2.57 bits per heavy atom. The summed E-state index contributed by atoms with van der Waals surface area (Å²) in [5.74, 6) is -0.394. The molecule has 1 aliphatic carbocycles. The van der Waals surface area contributed by atoms with Crippen LogP contribution in [0.1, 0.15) is 31.2 Å². The van der Waals surface area contributed by atoms with Crippen molar-refractivity contribution in [1.82, 2.24) is 0 Å². The third-order valence-corrected chi connectivity index (χ3v) is 3.83. The largest absolute Gasteiger partial charge is 0.377 e. The minimum atomic E-state index is -0.546. The number of nitro benzene ring substituents is 1. The number of benzene rings is 1. The van der Waals surface area contributed by atoms with Gasteiger partial charge in [-0.2, -0.15) is 5.26 Å². The molecular formula is C14H16N4O3. The number of nitriles is 1. The van der Waals surface area contributed by atoms with Gasteiger partial charge in [-0.05, 0) is 37.8 Å². The molecule has 0 atom stereocenters. The predicted octanol–water partition coefficient (Wildman–Crippen LogP) is 1.92. The van der Waals surface area contributed by atoms with Gasteiger partial charge in [-0.3, -0.25) is 14.9 Å². The van der Waals surface area contributed by atoms with Crippen LogP contribution < -0.4 is 11.1 Å². The lowest BCUT2D eigenvalue weighted by Crippen LogP contribution is -2.32. The van der Waals surface area contributed by atoms with Gasteiger partial charge >= 0.3 is 5.69 Å². The van der Waals surface area contributed by atoms with E-state index in [-0.39, 0.29) is 29.1 Å². The number of nitrogens with one attached hydrogen (secondary N) is 1. The second kappa shape index (κ2) is 6.22. The van der Waals surface area contributed by atoms with Crippen LogP contribution in [-0.2, 0) is 4.79 Å². The molecule has 1 saturated carbocycles. The monoisotopic (exact) mass is 288 g/mol. The molecule has 0 aliphatic heterocycles. The first-order valence-corrected chi connectivity index (χ1v) is 6.76. The van der Waals surface area contributed by atoms with E-state index in [1.165, 1.54) is 6.07 Å². The van der Waals surface area contributed by atoms with Crippen molar-refractivity contribution in [2.75, 3.05) is 5.32 Å². The van der Waals surface area contributed by atoms with Gasteiger partial charge in [0.2, 0.25) is 5.91 Å². The fourth-order valence-corrected chi connectivity index (χ4v) is 2.69. The molecule has 0 heterocycles. The summed E-state index contributed by atoms with van der Waals surface area (Å²) in [4.78, 5) is 21.7. The number of para-hydroxylation sites is 1. The van der Waals surface area contributed by atoms with Crippen molar-refractivity contribution < 1.29 is 9.72 Å². The molecule has 7 nitrogen and oxygen atoms in total. The van der Waals surface area contributed by atoms with Crippen LogP contribution in [-0.4, -0.2) is 16.9 Å². The number of nitrogens with zero attached hydrogens (tertiary/aromatic N) is 2. The van der Waals surface area contributed by atoms with Crippen LogP contribution in [0.2, 0.25) is 0 Å². The summed E-state index contributed by atoms with van der Waals surface area (Å²) in [6.07, 6.45) is 2.81. The van der Waals surface area contributed by atoms with Crippen LogP contribution in [0.4, 0.5) is 11.4 Å². The molecule has 3 N–H and O–H groups in total. The summed E-state index contributed by atoms with van der Waals surface area (Å²) in [5.41, 5.74) is 5.47. The lowest BCUT2D eigenvalue weighted by Gasteiger charge is -2.28. The van der Waals surface area contributed by atoms with E-state index in [1.807, 2.05) is 6.07 Å². The van der Waals surface area contributed by atoms with Gasteiger partial charge in [0.15, 0.2) is 0 Å². The SMILES string of the molecule is N#Cc1cccc(NC2CCC(C(N)=O)CC2)c1[N+](=O)[O-]. The predicted molar refractivity (Wildman–Crippen MR) is 76.4 cm³/mol. The molecule has 0 bridgehead atoms. The second-order valence-electron chi connectivity index (χ2n) is 5.17. The van der Waals surface area contributed by atoms with E-state index in [1.54, 1.807) is 12.1 Å². The zero-order chi connectivity index (χ0) is 15.4. The molecule has 0 aromatic heterocycles. The number of hydrogen-bond donors (Lipinski definition) is 2. The molecule has 0 unspecified atom stereocenters. The van der Waals surface area contributed by atoms with E-state index in [0.717, 1.165) is 12.8 Å². The minimum Gasteiger partial charge on any atom is -0.377 e. The topological polar surface area (TPSA) is 122 Å². The lowest BCUT2D eigenvalue weighted by atomic mass is 9.85. The number of rotatable bonds is 4. The van der Waals surface area contributed by atoms with Gasteiger partial charge in [-0.15, -0.1) is 0 Å². The summed E-state index contributed by atoms with van der Waals surface area (Å²) in [6, 6.07) is 6.52. The highest BCUT2D eigenvalue weighted by atomic mass is 16.6. The number of anilines is 1. The van der Waals surface area contributed by atoms with Crippen molar-refractivity contribution in [3.05, 3.63) is 33.9 Å². The molecule has 2 rings (SSSR count). The number of carbonyl (C=O) groups excluding carboxylic acids is 1. The Morgan fingerprint density at radius 1 is 1.38 bits per heavy atom. The molecular weight excluding hydrogens is 272 g/mol. The molecule has 0 radical (unpaired) electrons. The average molecular weight is 288 g/mol. The Balaban J connectivity index is 2.13. The average Bonchev–Trinajstić information content (AvgIpc) is 2.47. The molecule has 1 aromatic rings. The van der Waals surface area contributed by atoms with Crippen LogP contribution in [0.5, 0.6) is 0 Å². The molecule has 1 fully saturated rings. The van der Waals surface area contributed by atoms with Crippen molar-refractivity contribution in [2.24, 2.45) is 11.7 Å². The summed E-state index contributed by atoms with van der Waals surface area (Å²) in [7, 11) is 0. The quantitative estimate of drug-likeness (QED) is 0.647. The van der Waals surface area contributed by atoms with Crippen LogP contribution >= 0.6 is 0 Å². The van der Waals surface area contributed by atoms with Crippen LogP contribution in [0.3, 0.4) is 0 Å². The molecule has 0 spiro atoms. The van der Waals surface area contributed by atoms with Crippen molar-refractivity contribution in [3.63, 3.8) is 0 Å². The van der Waals surface area contributed by atoms with Crippen molar-refractivity contribution in [3.8, 4) is 6.07 Å². The first-order valence-electron chi connectivity index (χ1n) is 6.76. The fraction of sp³-hybridized carbons (Fsp3) is 0.429. The smallest absolute Gasteiger partial charge is 0.309 e. The Labute approximate surface area is 121 Å². The van der Waals surface area contributed by atoms with E-state index in [2.05, 4.69) is 5.32 Å². The highest BCUT2D eigenvalue weighted by Gasteiger charge is 2.27. The van der Waals surface area contributed by atoms with Gasteiger partial charge in [0.1, 0.15) is 17.3 Å². The lowest BCUT2D eigenvalue weighted by molar-refractivity contribution is -0.384. The first-order chi connectivity index (χ1) is 10.0. The number of nitrogens with two attached hydrogens (primary N) is 1. The number of primary amides is 1. The molecule has 110 valence electrons. The van der Waals surface area contributed by atoms with Crippen molar-refractivity contribution in [2.45, 2.75) is 31.7 Å². The molecule has 0 saturated heterocycles. The zero-order valence-electron chi connectivity index (χ0n) is 11.4. The maximum atomic E-state index is 11.1. The van der Waals surface area contributed by atoms with Crippen LogP contribution in [0.15, 0.2) is 18.2 Å². The second-order valence-corrected chi connectivity index (χ2v) is 5.17. The minimum absolute atomic E-state index is 0.0378. The fourth-order valence-electron chi connectivity index (χ4n) is 2.69. The molecule has 7 heteroatoms. The van der Waals surface area contributed by atoms with Gasteiger partial charge in [0.05, 0.1) is 4.92 Å². The number of nitro groups is 1. The summed E-state index contributed by atoms with van der Waals surface area (Å²) < 4.78 is 0. The van der Waals surface area contributed by atoms with Crippen molar-refractivity contribution >= 4 is 17.3 Å². The van der Waals surface area contributed by atoms with Gasteiger partial charge < -0.3 is 11.1 Å². The number of amides is 1. The first kappa shape index (κ1) is 14.8. The van der Waals surface area contributed by atoms with Crippen LogP contribution in [0.25, 0.3) is 0 Å². The normalized spacial score (nSPS) is 21.3. The Hall–Kier alpha value is -2.62. The van der Waals surface area contributed by atoms with Crippen molar-refractivity contribution in [1.29, 1.82) is 5.26 Å². The van der Waals surface area contributed by atoms with E-state index >= 15 is 0 Å². The van der Waals surface area contributed by atoms with Gasteiger partial charge in [0, 0.05) is 12.0 Å². The maximum absolute atomic E-state index is 11.1. The maximum Gasteiger partial charge on any atom is 0.309 e. The summed E-state index contributed by atoms with van der Waals surface area (Å²) >= 11 is 0. The highest BCUT2D eigenvalue weighted by Crippen LogP contribution is 2.32. The summed E-state index contributed by atoms with van der Waals surface area (Å²) in [5, 5.41) is 23.2.